The van der Waals surface area contributed by atoms with Gasteiger partial charge in [0.25, 0.3) is 0 Å². The number of aromatic nitrogens is 1. The summed E-state index contributed by atoms with van der Waals surface area (Å²) in [7, 11) is 3.70. The Morgan fingerprint density at radius 3 is 2.87 bits per heavy atom. The van der Waals surface area contributed by atoms with E-state index in [2.05, 4.69) is 9.88 Å². The maximum Gasteiger partial charge on any atom is 0.130 e. The van der Waals surface area contributed by atoms with Crippen molar-refractivity contribution in [2.45, 2.75) is 38.3 Å². The summed E-state index contributed by atoms with van der Waals surface area (Å²) in [5.41, 5.74) is 3.64. The van der Waals surface area contributed by atoms with Crippen molar-refractivity contribution < 1.29 is 9.13 Å². The number of fused-ring (bicyclic) bond motifs is 3. The molecule has 4 rings (SSSR count). The molecular formula is C19H21FN2O. The molecule has 2 atom stereocenters. The molecule has 1 aromatic heterocycles. The standard InChI is InChI=1S/C19H21FN2O/c1-11-8-18(23-3)15-9-12(4-6-16(15)21-11)14-10-13-5-7-17(19(14)20)22(13)2/h4,6,8-9,13,17H,5,7,10H2,1-3H3/t13-,17?/m1/s1. The van der Waals surface area contributed by atoms with Crippen LogP contribution in [0.4, 0.5) is 4.39 Å². The molecule has 2 aliphatic heterocycles. The van der Waals surface area contributed by atoms with E-state index < -0.39 is 0 Å². The summed E-state index contributed by atoms with van der Waals surface area (Å²) in [6, 6.07) is 8.34. The highest BCUT2D eigenvalue weighted by atomic mass is 19.1. The third-order valence-electron chi connectivity index (χ3n) is 5.33. The molecule has 0 radical (unpaired) electrons. The summed E-state index contributed by atoms with van der Waals surface area (Å²) in [5.74, 6) is 0.839. The number of hydrogen-bond donors (Lipinski definition) is 0. The molecule has 1 aromatic carbocycles. The van der Waals surface area contributed by atoms with Crippen molar-refractivity contribution in [3.8, 4) is 5.75 Å². The number of ether oxygens (including phenoxy) is 1. The number of nitrogens with zero attached hydrogens (tertiary/aromatic N) is 2. The number of benzene rings is 1. The van der Waals surface area contributed by atoms with Crippen molar-refractivity contribution in [3.05, 3.63) is 41.3 Å². The molecule has 3 heterocycles. The average Bonchev–Trinajstić information content (AvgIpc) is 2.81. The topological polar surface area (TPSA) is 25.4 Å². The van der Waals surface area contributed by atoms with Gasteiger partial charge in [0, 0.05) is 23.2 Å². The number of halogens is 1. The second kappa shape index (κ2) is 5.31. The van der Waals surface area contributed by atoms with E-state index in [4.69, 9.17) is 4.74 Å². The van der Waals surface area contributed by atoms with Gasteiger partial charge in [-0.05, 0) is 56.5 Å². The van der Waals surface area contributed by atoms with Gasteiger partial charge in [-0.1, -0.05) is 6.07 Å². The van der Waals surface area contributed by atoms with Gasteiger partial charge in [0.15, 0.2) is 0 Å². The molecule has 0 N–H and O–H groups in total. The van der Waals surface area contributed by atoms with Gasteiger partial charge in [-0.15, -0.1) is 0 Å². The Morgan fingerprint density at radius 2 is 2.09 bits per heavy atom. The summed E-state index contributed by atoms with van der Waals surface area (Å²) in [4.78, 5) is 6.73. The minimum Gasteiger partial charge on any atom is -0.496 e. The summed E-state index contributed by atoms with van der Waals surface area (Å²) < 4.78 is 20.4. The zero-order chi connectivity index (χ0) is 16.1. The lowest BCUT2D eigenvalue weighted by molar-refractivity contribution is 0.230. The molecule has 2 aromatic rings. The van der Waals surface area contributed by atoms with Crippen LogP contribution < -0.4 is 4.74 Å². The Bertz CT molecular complexity index is 814. The van der Waals surface area contributed by atoms with Crippen LogP contribution in [-0.4, -0.2) is 36.1 Å². The zero-order valence-corrected chi connectivity index (χ0v) is 13.8. The van der Waals surface area contributed by atoms with Crippen LogP contribution in [0.1, 0.15) is 30.5 Å². The molecule has 0 saturated carbocycles. The fourth-order valence-electron chi connectivity index (χ4n) is 4.03. The molecule has 23 heavy (non-hydrogen) atoms. The molecule has 2 bridgehead atoms. The maximum atomic E-state index is 14.9. The normalized spacial score (nSPS) is 24.5. The minimum absolute atomic E-state index is 0.0413. The molecular weight excluding hydrogens is 291 g/mol. The fourth-order valence-corrected chi connectivity index (χ4v) is 4.03. The molecule has 1 saturated heterocycles. The number of rotatable bonds is 2. The maximum absolute atomic E-state index is 14.9. The molecule has 0 spiro atoms. The first kappa shape index (κ1) is 14.6. The van der Waals surface area contributed by atoms with Crippen molar-refractivity contribution >= 4 is 16.5 Å². The van der Waals surface area contributed by atoms with Crippen LogP contribution in [0.5, 0.6) is 5.75 Å². The van der Waals surface area contributed by atoms with E-state index in [0.717, 1.165) is 52.7 Å². The summed E-state index contributed by atoms with van der Waals surface area (Å²) in [6.45, 7) is 1.95. The van der Waals surface area contributed by atoms with Gasteiger partial charge < -0.3 is 4.74 Å². The first-order valence-corrected chi connectivity index (χ1v) is 8.14. The van der Waals surface area contributed by atoms with Gasteiger partial charge in [0.1, 0.15) is 11.6 Å². The first-order valence-electron chi connectivity index (χ1n) is 8.14. The van der Waals surface area contributed by atoms with Crippen LogP contribution in [-0.2, 0) is 0 Å². The second-order valence-corrected chi connectivity index (χ2v) is 6.64. The molecule has 0 aliphatic carbocycles. The number of hydrogen-bond acceptors (Lipinski definition) is 3. The lowest BCUT2D eigenvalue weighted by atomic mass is 9.93. The average molecular weight is 312 g/mol. The summed E-state index contributed by atoms with van der Waals surface area (Å²) >= 11 is 0. The van der Waals surface area contributed by atoms with Crippen molar-refractivity contribution in [2.24, 2.45) is 0 Å². The Kier molecular flexibility index (Phi) is 3.38. The highest BCUT2D eigenvalue weighted by molar-refractivity contribution is 5.89. The van der Waals surface area contributed by atoms with E-state index in [1.807, 2.05) is 38.2 Å². The highest BCUT2D eigenvalue weighted by Crippen LogP contribution is 2.43. The van der Waals surface area contributed by atoms with E-state index in [9.17, 15) is 4.39 Å². The van der Waals surface area contributed by atoms with Crippen LogP contribution in [0.2, 0.25) is 0 Å². The lowest BCUT2D eigenvalue weighted by Crippen LogP contribution is -2.36. The quantitative estimate of drug-likeness (QED) is 0.835. The SMILES string of the molecule is COc1cc(C)nc2ccc(C3=C(F)C4CC[C@H](C3)N4C)cc12. The van der Waals surface area contributed by atoms with Crippen LogP contribution in [0, 0.1) is 6.92 Å². The van der Waals surface area contributed by atoms with Crippen molar-refractivity contribution in [1.29, 1.82) is 0 Å². The third-order valence-corrected chi connectivity index (χ3v) is 5.33. The fraction of sp³-hybridized carbons (Fsp3) is 0.421. The largest absolute Gasteiger partial charge is 0.496 e. The molecule has 4 heteroatoms. The van der Waals surface area contributed by atoms with Gasteiger partial charge in [-0.3, -0.25) is 9.88 Å². The Balaban J connectivity index is 1.85. The van der Waals surface area contributed by atoms with Crippen LogP contribution in [0.3, 0.4) is 0 Å². The molecule has 120 valence electrons. The number of pyridine rings is 1. The van der Waals surface area contributed by atoms with Crippen molar-refractivity contribution in [3.63, 3.8) is 0 Å². The molecule has 1 unspecified atom stereocenters. The Hall–Kier alpha value is -1.94. The molecule has 3 nitrogen and oxygen atoms in total. The third kappa shape index (κ3) is 2.24. The van der Waals surface area contributed by atoms with Crippen LogP contribution in [0.15, 0.2) is 30.1 Å². The summed E-state index contributed by atoms with van der Waals surface area (Å²) in [5, 5.41) is 0.946. The number of likely N-dealkylation sites (N-methyl/N-ethyl adjacent to an activating group) is 1. The second-order valence-electron chi connectivity index (χ2n) is 6.64. The molecule has 2 aliphatic rings. The van der Waals surface area contributed by atoms with Gasteiger partial charge in [0.05, 0.1) is 18.7 Å². The summed E-state index contributed by atoms with van der Waals surface area (Å²) in [6.07, 6.45) is 2.79. The van der Waals surface area contributed by atoms with Gasteiger partial charge in [0.2, 0.25) is 0 Å². The predicted octanol–water partition coefficient (Wildman–Crippen LogP) is 4.10. The predicted molar refractivity (Wildman–Crippen MR) is 90.3 cm³/mol. The number of methoxy groups -OCH3 is 1. The van der Waals surface area contributed by atoms with E-state index in [0.29, 0.717) is 6.04 Å². The van der Waals surface area contributed by atoms with E-state index in [1.165, 1.54) is 0 Å². The van der Waals surface area contributed by atoms with Crippen molar-refractivity contribution in [2.75, 3.05) is 14.2 Å². The first-order chi connectivity index (χ1) is 11.1. The molecule has 0 amide bonds. The van der Waals surface area contributed by atoms with Crippen LogP contribution in [0.25, 0.3) is 16.5 Å². The zero-order valence-electron chi connectivity index (χ0n) is 13.8. The lowest BCUT2D eigenvalue weighted by Gasteiger charge is -2.32. The van der Waals surface area contributed by atoms with E-state index in [-0.39, 0.29) is 11.9 Å². The Morgan fingerprint density at radius 1 is 1.26 bits per heavy atom. The van der Waals surface area contributed by atoms with Gasteiger partial charge in [-0.25, -0.2) is 4.39 Å². The van der Waals surface area contributed by atoms with Crippen LogP contribution >= 0.6 is 0 Å². The van der Waals surface area contributed by atoms with Crippen molar-refractivity contribution in [1.82, 2.24) is 9.88 Å². The van der Waals surface area contributed by atoms with E-state index in [1.54, 1.807) is 7.11 Å². The highest BCUT2D eigenvalue weighted by Gasteiger charge is 2.39. The van der Waals surface area contributed by atoms with E-state index >= 15 is 0 Å². The van der Waals surface area contributed by atoms with Gasteiger partial charge >= 0.3 is 0 Å². The number of aryl methyl sites for hydroxylation is 1. The molecule has 1 fully saturated rings. The Labute approximate surface area is 135 Å². The monoisotopic (exact) mass is 312 g/mol. The minimum atomic E-state index is -0.0440. The smallest absolute Gasteiger partial charge is 0.130 e. The van der Waals surface area contributed by atoms with Gasteiger partial charge in [-0.2, -0.15) is 0 Å².